The minimum atomic E-state index is 0.483. The molecule has 18 heavy (non-hydrogen) atoms. The summed E-state index contributed by atoms with van der Waals surface area (Å²) in [5, 5.41) is 12.4. The molecule has 92 valence electrons. The van der Waals surface area contributed by atoms with Crippen LogP contribution in [0.5, 0.6) is 0 Å². The predicted molar refractivity (Wildman–Crippen MR) is 75.1 cm³/mol. The van der Waals surface area contributed by atoms with Gasteiger partial charge in [-0.05, 0) is 25.1 Å². The predicted octanol–water partition coefficient (Wildman–Crippen LogP) is 3.61. The number of halogens is 1. The molecule has 0 radical (unpaired) electrons. The van der Waals surface area contributed by atoms with E-state index >= 15 is 0 Å². The summed E-state index contributed by atoms with van der Waals surface area (Å²) < 4.78 is 0. The fraction of sp³-hybridized carbons (Fsp3) is 0.231. The third kappa shape index (κ3) is 2.81. The first kappa shape index (κ1) is 12.9. The zero-order chi connectivity index (χ0) is 13.1. The Hall–Kier alpha value is -1.57. The van der Waals surface area contributed by atoms with Gasteiger partial charge in [0.1, 0.15) is 6.07 Å². The summed E-state index contributed by atoms with van der Waals surface area (Å²) in [4.78, 5) is 6.48. The van der Waals surface area contributed by atoms with Crippen LogP contribution in [-0.4, -0.2) is 12.0 Å². The molecule has 0 amide bonds. The lowest BCUT2D eigenvalue weighted by Gasteiger charge is -2.18. The van der Waals surface area contributed by atoms with Gasteiger partial charge in [-0.2, -0.15) is 5.26 Å². The van der Waals surface area contributed by atoms with Crippen LogP contribution in [-0.2, 0) is 6.54 Å². The highest BCUT2D eigenvalue weighted by atomic mass is 35.5. The van der Waals surface area contributed by atoms with Crippen molar-refractivity contribution >= 4 is 28.6 Å². The molecule has 0 saturated carbocycles. The average molecular weight is 278 g/mol. The normalized spacial score (nSPS) is 10.1. The van der Waals surface area contributed by atoms with Gasteiger partial charge in [-0.25, -0.2) is 4.98 Å². The summed E-state index contributed by atoms with van der Waals surface area (Å²) in [7, 11) is 1.98. The van der Waals surface area contributed by atoms with Crippen molar-refractivity contribution < 1.29 is 0 Å². The summed E-state index contributed by atoms with van der Waals surface area (Å²) in [6, 6.07) is 7.49. The molecule has 0 unspecified atom stereocenters. The molecule has 0 aliphatic rings. The first-order valence-electron chi connectivity index (χ1n) is 5.42. The summed E-state index contributed by atoms with van der Waals surface area (Å²) in [6.07, 6.45) is 0. The van der Waals surface area contributed by atoms with Crippen LogP contribution in [0.15, 0.2) is 23.6 Å². The van der Waals surface area contributed by atoms with E-state index in [9.17, 15) is 0 Å². The van der Waals surface area contributed by atoms with Gasteiger partial charge in [0.15, 0.2) is 0 Å². The number of hydrogen-bond donors (Lipinski definition) is 0. The number of nitrogens with zero attached hydrogens (tertiary/aromatic N) is 3. The Morgan fingerprint density at radius 1 is 1.50 bits per heavy atom. The van der Waals surface area contributed by atoms with E-state index in [1.165, 1.54) is 0 Å². The Morgan fingerprint density at radius 3 is 2.83 bits per heavy atom. The quantitative estimate of drug-likeness (QED) is 0.860. The summed E-state index contributed by atoms with van der Waals surface area (Å²) in [6.45, 7) is 2.72. The number of thiazole rings is 1. The van der Waals surface area contributed by atoms with Crippen molar-refractivity contribution in [2.75, 3.05) is 11.9 Å². The number of aryl methyl sites for hydroxylation is 1. The number of nitriles is 1. The average Bonchev–Trinajstić information content (AvgIpc) is 2.74. The Labute approximate surface area is 115 Å². The third-order valence-electron chi connectivity index (χ3n) is 2.58. The highest BCUT2D eigenvalue weighted by molar-refractivity contribution is 7.09. The highest BCUT2D eigenvalue weighted by Gasteiger charge is 2.07. The summed E-state index contributed by atoms with van der Waals surface area (Å²) in [5.74, 6) is 0. The molecule has 0 spiro atoms. The van der Waals surface area contributed by atoms with Gasteiger partial charge < -0.3 is 4.90 Å². The van der Waals surface area contributed by atoms with Gasteiger partial charge in [-0.15, -0.1) is 11.3 Å². The van der Waals surface area contributed by atoms with Crippen LogP contribution in [0.4, 0.5) is 5.69 Å². The van der Waals surface area contributed by atoms with Crippen molar-refractivity contribution in [2.24, 2.45) is 0 Å². The molecule has 0 atom stereocenters. The molecular weight excluding hydrogens is 266 g/mol. The van der Waals surface area contributed by atoms with Gasteiger partial charge in [0, 0.05) is 18.1 Å². The van der Waals surface area contributed by atoms with Gasteiger partial charge in [0.05, 0.1) is 27.8 Å². The van der Waals surface area contributed by atoms with E-state index in [-0.39, 0.29) is 0 Å². The largest absolute Gasteiger partial charge is 0.369 e. The van der Waals surface area contributed by atoms with Crippen molar-refractivity contribution in [3.63, 3.8) is 0 Å². The standard InChI is InChI=1S/C13H12ClN3S/c1-9-16-11(8-18-9)7-17(2)12-4-3-10(6-15)13(14)5-12/h3-5,8H,7H2,1-2H3. The summed E-state index contributed by atoms with van der Waals surface area (Å²) >= 11 is 7.66. The monoisotopic (exact) mass is 277 g/mol. The van der Waals surface area contributed by atoms with E-state index in [0.717, 1.165) is 22.9 Å². The third-order valence-corrected chi connectivity index (χ3v) is 3.71. The minimum Gasteiger partial charge on any atom is -0.369 e. The van der Waals surface area contributed by atoms with E-state index in [2.05, 4.69) is 21.3 Å². The SMILES string of the molecule is Cc1nc(CN(C)c2ccc(C#N)c(Cl)c2)cs1. The second kappa shape index (κ2) is 5.38. The van der Waals surface area contributed by atoms with Crippen LogP contribution in [0.2, 0.25) is 5.02 Å². The van der Waals surface area contributed by atoms with Crippen molar-refractivity contribution in [3.05, 3.63) is 44.9 Å². The number of hydrogen-bond acceptors (Lipinski definition) is 4. The maximum atomic E-state index is 8.83. The van der Waals surface area contributed by atoms with Crippen molar-refractivity contribution in [1.82, 2.24) is 4.98 Å². The lowest BCUT2D eigenvalue weighted by Crippen LogP contribution is -2.16. The van der Waals surface area contributed by atoms with Gasteiger partial charge in [-0.3, -0.25) is 0 Å². The van der Waals surface area contributed by atoms with Gasteiger partial charge in [0.2, 0.25) is 0 Å². The Balaban J connectivity index is 2.16. The number of aromatic nitrogens is 1. The molecule has 0 aliphatic carbocycles. The molecule has 2 aromatic rings. The van der Waals surface area contributed by atoms with E-state index in [4.69, 9.17) is 16.9 Å². The molecule has 0 N–H and O–H groups in total. The molecule has 3 nitrogen and oxygen atoms in total. The van der Waals surface area contributed by atoms with Crippen LogP contribution < -0.4 is 4.90 Å². The van der Waals surface area contributed by atoms with E-state index in [1.807, 2.05) is 20.0 Å². The number of anilines is 1. The first-order chi connectivity index (χ1) is 8.60. The lowest BCUT2D eigenvalue weighted by molar-refractivity contribution is 0.890. The van der Waals surface area contributed by atoms with Gasteiger partial charge in [-0.1, -0.05) is 11.6 Å². The molecule has 2 rings (SSSR count). The van der Waals surface area contributed by atoms with Crippen LogP contribution in [0.1, 0.15) is 16.3 Å². The second-order valence-corrected chi connectivity index (χ2v) is 5.46. The Kier molecular flexibility index (Phi) is 3.85. The Morgan fingerprint density at radius 2 is 2.28 bits per heavy atom. The molecule has 0 bridgehead atoms. The second-order valence-electron chi connectivity index (χ2n) is 3.99. The van der Waals surface area contributed by atoms with Crippen molar-refractivity contribution in [2.45, 2.75) is 13.5 Å². The van der Waals surface area contributed by atoms with Gasteiger partial charge >= 0.3 is 0 Å². The maximum Gasteiger partial charge on any atom is 0.101 e. The fourth-order valence-electron chi connectivity index (χ4n) is 1.65. The Bertz CT molecular complexity index is 601. The minimum absolute atomic E-state index is 0.483. The zero-order valence-electron chi connectivity index (χ0n) is 10.1. The molecule has 5 heteroatoms. The molecule has 1 aromatic carbocycles. The smallest absolute Gasteiger partial charge is 0.101 e. The number of rotatable bonds is 3. The molecule has 1 aromatic heterocycles. The maximum absolute atomic E-state index is 8.83. The molecular formula is C13H12ClN3S. The van der Waals surface area contributed by atoms with Crippen LogP contribution in [0.25, 0.3) is 0 Å². The van der Waals surface area contributed by atoms with Crippen molar-refractivity contribution in [1.29, 1.82) is 5.26 Å². The fourth-order valence-corrected chi connectivity index (χ4v) is 2.47. The number of benzene rings is 1. The van der Waals surface area contributed by atoms with Crippen LogP contribution >= 0.6 is 22.9 Å². The lowest BCUT2D eigenvalue weighted by atomic mass is 10.2. The molecule has 0 saturated heterocycles. The molecule has 0 fully saturated rings. The summed E-state index contributed by atoms with van der Waals surface area (Å²) in [5.41, 5.74) is 2.52. The molecule has 1 heterocycles. The van der Waals surface area contributed by atoms with E-state index in [0.29, 0.717) is 10.6 Å². The van der Waals surface area contributed by atoms with Crippen LogP contribution in [0.3, 0.4) is 0 Å². The first-order valence-corrected chi connectivity index (χ1v) is 6.67. The topological polar surface area (TPSA) is 39.9 Å². The van der Waals surface area contributed by atoms with E-state index < -0.39 is 0 Å². The van der Waals surface area contributed by atoms with Gasteiger partial charge in [0.25, 0.3) is 0 Å². The molecule has 0 aliphatic heterocycles. The van der Waals surface area contributed by atoms with Crippen molar-refractivity contribution in [3.8, 4) is 6.07 Å². The zero-order valence-corrected chi connectivity index (χ0v) is 11.7. The highest BCUT2D eigenvalue weighted by Crippen LogP contribution is 2.23. The van der Waals surface area contributed by atoms with Crippen LogP contribution in [0, 0.1) is 18.3 Å². The van der Waals surface area contributed by atoms with E-state index in [1.54, 1.807) is 23.5 Å².